The minimum atomic E-state index is 0.634. The number of nitrogens with one attached hydrogen (secondary N) is 1. The van der Waals surface area contributed by atoms with Crippen LogP contribution in [-0.4, -0.2) is 16.5 Å². The molecule has 3 nitrogen and oxygen atoms in total. The van der Waals surface area contributed by atoms with Crippen molar-refractivity contribution in [3.8, 4) is 11.4 Å². The third-order valence-corrected chi connectivity index (χ3v) is 4.28. The molecule has 1 aromatic heterocycles. The molecule has 0 radical (unpaired) electrons. The molecule has 1 heterocycles. The van der Waals surface area contributed by atoms with Crippen molar-refractivity contribution in [2.75, 3.05) is 11.9 Å². The van der Waals surface area contributed by atoms with E-state index in [1.807, 2.05) is 18.2 Å². The normalized spacial score (nSPS) is 14.4. The van der Waals surface area contributed by atoms with Gasteiger partial charge in [-0.1, -0.05) is 30.3 Å². The number of aromatic nitrogens is 2. The van der Waals surface area contributed by atoms with Gasteiger partial charge in [-0.25, -0.2) is 9.97 Å². The topological polar surface area (TPSA) is 37.8 Å². The van der Waals surface area contributed by atoms with Crippen LogP contribution in [0.1, 0.15) is 31.4 Å². The second kappa shape index (κ2) is 5.45. The number of halogens is 1. The van der Waals surface area contributed by atoms with E-state index in [1.54, 1.807) is 0 Å². The van der Waals surface area contributed by atoms with Crippen LogP contribution in [0.5, 0.6) is 0 Å². The van der Waals surface area contributed by atoms with Crippen molar-refractivity contribution < 1.29 is 0 Å². The second-order valence-corrected chi connectivity index (χ2v) is 5.84. The zero-order valence-electron chi connectivity index (χ0n) is 10.9. The Hall–Kier alpha value is -1.17. The monoisotopic (exact) mass is 365 g/mol. The van der Waals surface area contributed by atoms with Crippen LogP contribution in [0.25, 0.3) is 11.4 Å². The van der Waals surface area contributed by atoms with E-state index in [0.29, 0.717) is 5.92 Å². The quantitative estimate of drug-likeness (QED) is 0.831. The lowest BCUT2D eigenvalue weighted by molar-refractivity contribution is 0.972. The van der Waals surface area contributed by atoms with E-state index in [0.717, 1.165) is 23.8 Å². The van der Waals surface area contributed by atoms with Crippen LogP contribution in [0.3, 0.4) is 0 Å². The molecule has 0 aliphatic heterocycles. The zero-order valence-corrected chi connectivity index (χ0v) is 13.0. The van der Waals surface area contributed by atoms with E-state index < -0.39 is 0 Å². The number of hydrogen-bond donors (Lipinski definition) is 1. The highest BCUT2D eigenvalue weighted by atomic mass is 127. The fourth-order valence-corrected chi connectivity index (χ4v) is 2.96. The Morgan fingerprint density at radius 1 is 1.21 bits per heavy atom. The molecule has 0 spiro atoms. The molecule has 0 atom stereocenters. The van der Waals surface area contributed by atoms with E-state index in [2.05, 4.69) is 51.9 Å². The Kier molecular flexibility index (Phi) is 3.68. The van der Waals surface area contributed by atoms with Gasteiger partial charge in [-0.15, -0.1) is 0 Å². The SMILES string of the molecule is CCNc1nc(-c2ccccc2)nc(C2CC2)c1I. The molecule has 1 aliphatic rings. The summed E-state index contributed by atoms with van der Waals surface area (Å²) in [5, 5.41) is 3.35. The standard InChI is InChI=1S/C15H16IN3/c1-2-17-15-12(16)13(10-8-9-10)18-14(19-15)11-6-4-3-5-7-11/h3-7,10H,2,8-9H2,1H3,(H,17,18,19). The molecule has 1 aromatic carbocycles. The fourth-order valence-electron chi connectivity index (χ4n) is 2.09. The average molecular weight is 365 g/mol. The first kappa shape index (κ1) is 12.8. The highest BCUT2D eigenvalue weighted by molar-refractivity contribution is 14.1. The van der Waals surface area contributed by atoms with Gasteiger partial charge in [0.2, 0.25) is 0 Å². The van der Waals surface area contributed by atoms with Crippen molar-refractivity contribution in [3.05, 3.63) is 39.6 Å². The number of nitrogens with zero attached hydrogens (tertiary/aromatic N) is 2. The predicted octanol–water partition coefficient (Wildman–Crippen LogP) is 4.06. The first-order valence-electron chi connectivity index (χ1n) is 6.66. The lowest BCUT2D eigenvalue weighted by Gasteiger charge is -2.12. The maximum Gasteiger partial charge on any atom is 0.161 e. The number of hydrogen-bond acceptors (Lipinski definition) is 3. The van der Waals surface area contributed by atoms with Crippen molar-refractivity contribution in [2.45, 2.75) is 25.7 Å². The van der Waals surface area contributed by atoms with Crippen LogP contribution in [0.2, 0.25) is 0 Å². The Morgan fingerprint density at radius 2 is 1.95 bits per heavy atom. The van der Waals surface area contributed by atoms with Gasteiger partial charge in [0, 0.05) is 18.0 Å². The summed E-state index contributed by atoms with van der Waals surface area (Å²) < 4.78 is 1.18. The minimum Gasteiger partial charge on any atom is -0.369 e. The number of anilines is 1. The molecule has 1 aliphatic carbocycles. The largest absolute Gasteiger partial charge is 0.369 e. The van der Waals surface area contributed by atoms with Gasteiger partial charge in [0.15, 0.2) is 5.82 Å². The van der Waals surface area contributed by atoms with E-state index in [-0.39, 0.29) is 0 Å². The summed E-state index contributed by atoms with van der Waals surface area (Å²) >= 11 is 2.37. The molecular weight excluding hydrogens is 349 g/mol. The molecule has 4 heteroatoms. The number of rotatable bonds is 4. The molecule has 1 fully saturated rings. The van der Waals surface area contributed by atoms with E-state index >= 15 is 0 Å². The predicted molar refractivity (Wildman–Crippen MR) is 86.3 cm³/mol. The van der Waals surface area contributed by atoms with Gasteiger partial charge in [0.1, 0.15) is 5.82 Å². The van der Waals surface area contributed by atoms with E-state index in [4.69, 9.17) is 4.98 Å². The Morgan fingerprint density at radius 3 is 2.58 bits per heavy atom. The van der Waals surface area contributed by atoms with Crippen LogP contribution < -0.4 is 5.32 Å². The van der Waals surface area contributed by atoms with Crippen molar-refractivity contribution in [1.29, 1.82) is 0 Å². The lowest BCUT2D eigenvalue weighted by Crippen LogP contribution is -2.07. The van der Waals surface area contributed by atoms with Crippen molar-refractivity contribution in [2.24, 2.45) is 0 Å². The zero-order chi connectivity index (χ0) is 13.2. The molecule has 1 saturated carbocycles. The Balaban J connectivity index is 2.09. The first-order valence-corrected chi connectivity index (χ1v) is 7.74. The molecule has 98 valence electrons. The molecule has 0 bridgehead atoms. The third-order valence-electron chi connectivity index (χ3n) is 3.22. The Labute approximate surface area is 127 Å². The van der Waals surface area contributed by atoms with Crippen LogP contribution in [0.4, 0.5) is 5.82 Å². The third kappa shape index (κ3) is 2.73. The maximum atomic E-state index is 4.79. The van der Waals surface area contributed by atoms with Crippen LogP contribution in [0, 0.1) is 3.57 Å². The molecule has 3 rings (SSSR count). The average Bonchev–Trinajstić information content (AvgIpc) is 3.27. The van der Waals surface area contributed by atoms with Gasteiger partial charge in [-0.3, -0.25) is 0 Å². The minimum absolute atomic E-state index is 0.634. The van der Waals surface area contributed by atoms with Crippen molar-refractivity contribution in [1.82, 2.24) is 9.97 Å². The second-order valence-electron chi connectivity index (χ2n) is 4.77. The van der Waals surface area contributed by atoms with Gasteiger partial charge in [0.05, 0.1) is 9.26 Å². The summed E-state index contributed by atoms with van der Waals surface area (Å²) in [4.78, 5) is 9.46. The maximum absolute atomic E-state index is 4.79. The molecule has 2 aromatic rings. The van der Waals surface area contributed by atoms with E-state index in [1.165, 1.54) is 22.1 Å². The van der Waals surface area contributed by atoms with Gasteiger partial charge < -0.3 is 5.32 Å². The number of benzene rings is 1. The lowest BCUT2D eigenvalue weighted by atomic mass is 10.2. The molecule has 0 unspecified atom stereocenters. The van der Waals surface area contributed by atoms with Gasteiger partial charge in [-0.05, 0) is 42.4 Å². The summed E-state index contributed by atoms with van der Waals surface area (Å²) in [7, 11) is 0. The highest BCUT2D eigenvalue weighted by Crippen LogP contribution is 2.42. The summed E-state index contributed by atoms with van der Waals surface area (Å²) in [6, 6.07) is 10.2. The van der Waals surface area contributed by atoms with Crippen LogP contribution in [0.15, 0.2) is 30.3 Å². The van der Waals surface area contributed by atoms with Crippen molar-refractivity contribution in [3.63, 3.8) is 0 Å². The molecule has 19 heavy (non-hydrogen) atoms. The highest BCUT2D eigenvalue weighted by Gasteiger charge is 2.29. The Bertz CT molecular complexity index is 579. The van der Waals surface area contributed by atoms with E-state index in [9.17, 15) is 0 Å². The van der Waals surface area contributed by atoms with Gasteiger partial charge in [-0.2, -0.15) is 0 Å². The van der Waals surface area contributed by atoms with Crippen LogP contribution in [-0.2, 0) is 0 Å². The smallest absolute Gasteiger partial charge is 0.161 e. The van der Waals surface area contributed by atoms with Crippen LogP contribution >= 0.6 is 22.6 Å². The van der Waals surface area contributed by atoms with Gasteiger partial charge in [0.25, 0.3) is 0 Å². The molecular formula is C15H16IN3. The molecule has 1 N–H and O–H groups in total. The summed E-state index contributed by atoms with van der Waals surface area (Å²) in [5.74, 6) is 2.44. The fraction of sp³-hybridized carbons (Fsp3) is 0.333. The molecule has 0 saturated heterocycles. The first-order chi connectivity index (χ1) is 9.29. The summed E-state index contributed by atoms with van der Waals surface area (Å²) in [6.45, 7) is 2.97. The van der Waals surface area contributed by atoms with Gasteiger partial charge >= 0.3 is 0 Å². The molecule has 0 amide bonds. The van der Waals surface area contributed by atoms with Crippen molar-refractivity contribution >= 4 is 28.4 Å². The summed E-state index contributed by atoms with van der Waals surface area (Å²) in [5.41, 5.74) is 2.30. The summed E-state index contributed by atoms with van der Waals surface area (Å²) in [6.07, 6.45) is 2.51.